The average Bonchev–Trinajstić information content (AvgIpc) is 3.19. The summed E-state index contributed by atoms with van der Waals surface area (Å²) in [7, 11) is 1.37. The second-order valence-corrected chi connectivity index (χ2v) is 5.92. The number of aryl methyl sites for hydroxylation is 1. The van der Waals surface area contributed by atoms with Gasteiger partial charge in [0.05, 0.1) is 0 Å². The molecule has 0 radical (unpaired) electrons. The van der Waals surface area contributed by atoms with Crippen molar-refractivity contribution in [2.75, 3.05) is 6.54 Å². The van der Waals surface area contributed by atoms with Gasteiger partial charge in [0, 0.05) is 38.5 Å². The van der Waals surface area contributed by atoms with Gasteiger partial charge < -0.3 is 15.0 Å². The molecule has 1 aromatic heterocycles. The largest absolute Gasteiger partial charge is 0.424 e. The Morgan fingerprint density at radius 1 is 1.52 bits per heavy atom. The number of halogens is 3. The first-order valence-corrected chi connectivity index (χ1v) is 7.38. The molecule has 1 atom stereocenters. The second kappa shape index (κ2) is 6.35. The fourth-order valence-electron chi connectivity index (χ4n) is 2.43. The molecule has 1 heterocycles. The van der Waals surface area contributed by atoms with Crippen molar-refractivity contribution in [1.29, 1.82) is 0 Å². The zero-order valence-electron chi connectivity index (χ0n) is 13.0. The number of aliphatic hydroxyl groups is 1. The van der Waals surface area contributed by atoms with Crippen LogP contribution >= 0.6 is 0 Å². The van der Waals surface area contributed by atoms with Crippen LogP contribution in [0.1, 0.15) is 32.0 Å². The molecule has 2 N–H and O–H groups in total. The number of allylic oxidation sites excluding steroid dienone is 1. The van der Waals surface area contributed by atoms with Crippen LogP contribution in [0.2, 0.25) is 0 Å². The number of imidazole rings is 1. The fourth-order valence-corrected chi connectivity index (χ4v) is 2.43. The number of nitrogens with zero attached hydrogens (tertiary/aromatic N) is 2. The molecule has 1 aromatic rings. The van der Waals surface area contributed by atoms with Gasteiger partial charge in [-0.25, -0.2) is 4.98 Å². The Morgan fingerprint density at radius 2 is 2.17 bits per heavy atom. The molecule has 1 unspecified atom stereocenters. The van der Waals surface area contributed by atoms with E-state index in [4.69, 9.17) is 0 Å². The lowest BCUT2D eigenvalue weighted by molar-refractivity contribution is -0.272. The third-order valence-electron chi connectivity index (χ3n) is 4.03. The number of rotatable bonds is 6. The van der Waals surface area contributed by atoms with E-state index in [1.165, 1.54) is 25.5 Å². The summed E-state index contributed by atoms with van der Waals surface area (Å²) in [6.07, 6.45) is 0.412. The highest BCUT2D eigenvalue weighted by molar-refractivity contribution is 5.88. The minimum Gasteiger partial charge on any atom is -0.374 e. The van der Waals surface area contributed by atoms with Crippen LogP contribution < -0.4 is 5.32 Å². The monoisotopic (exact) mass is 331 g/mol. The van der Waals surface area contributed by atoms with Crippen molar-refractivity contribution < 1.29 is 23.1 Å². The van der Waals surface area contributed by atoms with Gasteiger partial charge in [0.1, 0.15) is 5.82 Å². The smallest absolute Gasteiger partial charge is 0.374 e. The first kappa shape index (κ1) is 17.5. The number of carbonyl (C=O) groups excluding carboxylic acids is 1. The Morgan fingerprint density at radius 3 is 2.65 bits per heavy atom. The van der Waals surface area contributed by atoms with Gasteiger partial charge in [-0.3, -0.25) is 4.79 Å². The van der Waals surface area contributed by atoms with Crippen molar-refractivity contribution in [3.05, 3.63) is 29.9 Å². The molecule has 1 amide bonds. The van der Waals surface area contributed by atoms with Gasteiger partial charge >= 0.3 is 6.18 Å². The van der Waals surface area contributed by atoms with Crippen molar-refractivity contribution in [2.24, 2.45) is 13.0 Å². The quantitative estimate of drug-likeness (QED) is 0.784. The van der Waals surface area contributed by atoms with E-state index in [1.54, 1.807) is 0 Å². The van der Waals surface area contributed by atoms with Crippen molar-refractivity contribution in [1.82, 2.24) is 14.9 Å². The van der Waals surface area contributed by atoms with E-state index in [0.29, 0.717) is 5.92 Å². The number of hydrogen-bond acceptors (Lipinski definition) is 3. The van der Waals surface area contributed by atoms with E-state index in [0.717, 1.165) is 23.0 Å². The number of aromatic nitrogens is 2. The predicted octanol–water partition coefficient (Wildman–Crippen LogP) is 2.03. The van der Waals surface area contributed by atoms with Crippen LogP contribution in [0.15, 0.2) is 24.0 Å². The minimum absolute atomic E-state index is 0.309. The molecule has 1 aliphatic rings. The molecule has 23 heavy (non-hydrogen) atoms. The maximum Gasteiger partial charge on any atom is 0.424 e. The maximum atomic E-state index is 13.3. The van der Waals surface area contributed by atoms with Gasteiger partial charge in [-0.1, -0.05) is 5.57 Å². The van der Waals surface area contributed by atoms with Gasteiger partial charge in [-0.2, -0.15) is 13.2 Å². The number of nitrogens with one attached hydrogen (secondary N) is 1. The third-order valence-corrected chi connectivity index (χ3v) is 4.03. The molecule has 1 saturated carbocycles. The molecule has 5 nitrogen and oxygen atoms in total. The topological polar surface area (TPSA) is 67.2 Å². The van der Waals surface area contributed by atoms with E-state index in [1.807, 2.05) is 6.92 Å². The molecule has 8 heteroatoms. The zero-order valence-corrected chi connectivity index (χ0v) is 13.0. The van der Waals surface area contributed by atoms with E-state index in [-0.39, 0.29) is 6.54 Å². The van der Waals surface area contributed by atoms with Crippen molar-refractivity contribution in [2.45, 2.75) is 38.0 Å². The summed E-state index contributed by atoms with van der Waals surface area (Å²) in [5.41, 5.74) is -2.17. The molecule has 0 aliphatic heterocycles. The van der Waals surface area contributed by atoms with Crippen LogP contribution in [0.3, 0.4) is 0 Å². The summed E-state index contributed by atoms with van der Waals surface area (Å²) in [5, 5.41) is 12.5. The molecule has 2 rings (SSSR count). The molecule has 1 aliphatic carbocycles. The molecule has 0 spiro atoms. The summed E-state index contributed by atoms with van der Waals surface area (Å²) < 4.78 is 40.9. The average molecular weight is 331 g/mol. The van der Waals surface area contributed by atoms with Crippen molar-refractivity contribution in [3.63, 3.8) is 0 Å². The lowest BCUT2D eigenvalue weighted by Gasteiger charge is -2.29. The molecule has 0 saturated heterocycles. The summed E-state index contributed by atoms with van der Waals surface area (Å²) in [4.78, 5) is 15.3. The molecular formula is C15H20F3N3O2. The van der Waals surface area contributed by atoms with Gasteiger partial charge in [0.25, 0.3) is 0 Å². The van der Waals surface area contributed by atoms with Crippen molar-refractivity contribution in [3.8, 4) is 0 Å². The third kappa shape index (κ3) is 3.93. The van der Waals surface area contributed by atoms with E-state index in [9.17, 15) is 23.1 Å². The molecular weight excluding hydrogens is 311 g/mol. The Labute approximate surface area is 132 Å². The number of carbonyl (C=O) groups is 1. The Kier molecular flexibility index (Phi) is 4.84. The van der Waals surface area contributed by atoms with Crippen LogP contribution in [-0.4, -0.2) is 33.3 Å². The Bertz CT molecular complexity index is 605. The SMILES string of the molecule is CC(=CC(=O)NCCC(O)(c1nccn1C)C(F)(F)F)C1CC1. The summed E-state index contributed by atoms with van der Waals surface area (Å²) in [5.74, 6) is -0.525. The maximum absolute atomic E-state index is 13.3. The second-order valence-electron chi connectivity index (χ2n) is 5.92. The van der Waals surface area contributed by atoms with Crippen LogP contribution in [-0.2, 0) is 17.4 Å². The molecule has 1 fully saturated rings. The van der Waals surface area contributed by atoms with Crippen LogP contribution in [0.4, 0.5) is 13.2 Å². The van der Waals surface area contributed by atoms with Gasteiger partial charge in [0.2, 0.25) is 11.5 Å². The first-order valence-electron chi connectivity index (χ1n) is 7.38. The molecule has 128 valence electrons. The van der Waals surface area contributed by atoms with Gasteiger partial charge in [0.15, 0.2) is 0 Å². The highest BCUT2D eigenvalue weighted by Crippen LogP contribution is 2.40. The lowest BCUT2D eigenvalue weighted by Crippen LogP contribution is -2.46. The Balaban J connectivity index is 2.01. The van der Waals surface area contributed by atoms with E-state index >= 15 is 0 Å². The minimum atomic E-state index is -4.89. The standard InChI is InChI=1S/C15H20F3N3O2/c1-10(11-3-4-11)9-12(22)19-6-5-14(23,15(16,17)18)13-20-7-8-21(13)2/h7-9,11,23H,3-6H2,1-2H3,(H,19,22). The van der Waals surface area contributed by atoms with Crippen molar-refractivity contribution >= 4 is 5.91 Å². The highest BCUT2D eigenvalue weighted by atomic mass is 19.4. The zero-order chi connectivity index (χ0) is 17.3. The number of amides is 1. The Hall–Kier alpha value is -1.83. The highest BCUT2D eigenvalue weighted by Gasteiger charge is 2.57. The molecule has 0 bridgehead atoms. The fraction of sp³-hybridized carbons (Fsp3) is 0.600. The van der Waals surface area contributed by atoms with E-state index < -0.39 is 29.9 Å². The molecule has 0 aromatic carbocycles. The van der Waals surface area contributed by atoms with Gasteiger partial charge in [-0.15, -0.1) is 0 Å². The summed E-state index contributed by atoms with van der Waals surface area (Å²) in [6.45, 7) is 1.52. The van der Waals surface area contributed by atoms with Crippen LogP contribution in [0.5, 0.6) is 0 Å². The summed E-state index contributed by atoms with van der Waals surface area (Å²) in [6, 6.07) is 0. The van der Waals surface area contributed by atoms with Gasteiger partial charge in [-0.05, 0) is 25.7 Å². The van der Waals surface area contributed by atoms with Crippen LogP contribution in [0, 0.1) is 5.92 Å². The number of alkyl halides is 3. The first-order chi connectivity index (χ1) is 10.6. The number of hydrogen-bond donors (Lipinski definition) is 2. The summed E-state index contributed by atoms with van der Waals surface area (Å²) >= 11 is 0. The van der Waals surface area contributed by atoms with E-state index in [2.05, 4.69) is 10.3 Å². The predicted molar refractivity (Wildman–Crippen MR) is 77.3 cm³/mol. The normalized spacial score (nSPS) is 18.6. The lowest BCUT2D eigenvalue weighted by atomic mass is 9.97. The van der Waals surface area contributed by atoms with Crippen LogP contribution in [0.25, 0.3) is 0 Å².